The Hall–Kier alpha value is -2.08. The smallest absolute Gasteiger partial charge is 0.119 e. The van der Waals surface area contributed by atoms with Gasteiger partial charge >= 0.3 is 0 Å². The molecule has 2 aliphatic heterocycles. The van der Waals surface area contributed by atoms with Crippen molar-refractivity contribution in [2.45, 2.75) is 31.4 Å². The van der Waals surface area contributed by atoms with Crippen LogP contribution in [-0.2, 0) is 6.54 Å². The van der Waals surface area contributed by atoms with Crippen LogP contribution in [0.1, 0.15) is 35.4 Å². The molecule has 2 atom stereocenters. The normalized spacial score (nSPS) is 22.4. The van der Waals surface area contributed by atoms with E-state index in [0.717, 1.165) is 57.1 Å². The van der Waals surface area contributed by atoms with E-state index >= 15 is 0 Å². The summed E-state index contributed by atoms with van der Waals surface area (Å²) in [4.78, 5) is 4.69. The molecule has 0 aliphatic carbocycles. The molecule has 1 saturated heterocycles. The highest BCUT2D eigenvalue weighted by atomic mass is 16.5. The Bertz CT molecular complexity index is 808. The lowest BCUT2D eigenvalue weighted by atomic mass is 9.84. The molecule has 29 heavy (non-hydrogen) atoms. The summed E-state index contributed by atoms with van der Waals surface area (Å²) in [5.74, 6) is 2.21. The van der Waals surface area contributed by atoms with Gasteiger partial charge < -0.3 is 24.4 Å². The third kappa shape index (κ3) is 4.92. The number of hydrogen-bond acceptors (Lipinski definition) is 5. The number of rotatable bonds is 7. The van der Waals surface area contributed by atoms with Crippen LogP contribution in [0.3, 0.4) is 0 Å². The Kier molecular flexibility index (Phi) is 6.38. The predicted octanol–water partition coefficient (Wildman–Crippen LogP) is 3.11. The van der Waals surface area contributed by atoms with E-state index in [2.05, 4.69) is 47.2 Å². The summed E-state index contributed by atoms with van der Waals surface area (Å²) in [6.45, 7) is 5.47. The average molecular weight is 397 g/mol. The molecule has 0 spiro atoms. The second kappa shape index (κ2) is 9.16. The number of benzene rings is 2. The monoisotopic (exact) mass is 396 g/mol. The molecule has 0 bridgehead atoms. The van der Waals surface area contributed by atoms with Crippen LogP contribution in [0.4, 0.5) is 0 Å². The van der Waals surface area contributed by atoms with Gasteiger partial charge in [0, 0.05) is 38.6 Å². The molecular formula is C24H32N2O3. The number of likely N-dealkylation sites (N-methyl/N-ethyl adjacent to an activating group) is 1. The van der Waals surface area contributed by atoms with Gasteiger partial charge in [0.25, 0.3) is 0 Å². The summed E-state index contributed by atoms with van der Waals surface area (Å²) in [7, 11) is 3.88. The van der Waals surface area contributed by atoms with Gasteiger partial charge in [0.2, 0.25) is 0 Å². The molecule has 0 saturated carbocycles. The van der Waals surface area contributed by atoms with E-state index in [9.17, 15) is 5.11 Å². The summed E-state index contributed by atoms with van der Waals surface area (Å²) in [5.41, 5.74) is 4.06. The van der Waals surface area contributed by atoms with Gasteiger partial charge in [-0.2, -0.15) is 0 Å². The Morgan fingerprint density at radius 1 is 1.07 bits per heavy atom. The lowest BCUT2D eigenvalue weighted by Crippen LogP contribution is -2.31. The molecule has 2 heterocycles. The molecule has 0 aromatic heterocycles. The van der Waals surface area contributed by atoms with E-state index in [1.165, 1.54) is 16.7 Å². The lowest BCUT2D eigenvalue weighted by Gasteiger charge is -2.33. The molecule has 2 aliphatic rings. The maximum Gasteiger partial charge on any atom is 0.119 e. The standard InChI is InChI=1S/C24H32N2O3/c1-25-15-19-14-22(29-13-3-11-26-12-10-20(27)16-26)8-9-23(19)24(17-25)18-4-6-21(28-2)7-5-18/h4-9,14,20,24,27H,3,10-13,15-17H2,1-2H3/t20-,24?/m1/s1. The number of β-amino-alcohol motifs (C(OH)–C–C–N with tert-alkyl or cyclic N) is 1. The topological polar surface area (TPSA) is 45.2 Å². The Labute approximate surface area is 173 Å². The predicted molar refractivity (Wildman–Crippen MR) is 115 cm³/mol. The van der Waals surface area contributed by atoms with Gasteiger partial charge in [0.15, 0.2) is 0 Å². The van der Waals surface area contributed by atoms with Crippen LogP contribution in [0.5, 0.6) is 11.5 Å². The highest BCUT2D eigenvalue weighted by Gasteiger charge is 2.25. The van der Waals surface area contributed by atoms with Crippen LogP contribution in [0, 0.1) is 0 Å². The van der Waals surface area contributed by atoms with Gasteiger partial charge in [-0.1, -0.05) is 18.2 Å². The van der Waals surface area contributed by atoms with Gasteiger partial charge in [-0.15, -0.1) is 0 Å². The van der Waals surface area contributed by atoms with Crippen molar-refractivity contribution in [1.82, 2.24) is 9.80 Å². The fourth-order valence-corrected chi connectivity index (χ4v) is 4.53. The van der Waals surface area contributed by atoms with Crippen molar-refractivity contribution in [3.8, 4) is 11.5 Å². The fraction of sp³-hybridized carbons (Fsp3) is 0.500. The maximum absolute atomic E-state index is 9.61. The first-order valence-electron chi connectivity index (χ1n) is 10.6. The first-order valence-corrected chi connectivity index (χ1v) is 10.6. The molecule has 0 radical (unpaired) electrons. The summed E-state index contributed by atoms with van der Waals surface area (Å²) < 4.78 is 11.3. The number of likely N-dealkylation sites (tertiary alicyclic amines) is 1. The minimum Gasteiger partial charge on any atom is -0.497 e. The van der Waals surface area contributed by atoms with E-state index < -0.39 is 0 Å². The van der Waals surface area contributed by atoms with Crippen molar-refractivity contribution in [3.63, 3.8) is 0 Å². The van der Waals surface area contributed by atoms with Gasteiger partial charge in [0.05, 0.1) is 19.8 Å². The highest BCUT2D eigenvalue weighted by molar-refractivity contribution is 5.45. The van der Waals surface area contributed by atoms with E-state index in [1.807, 2.05) is 12.1 Å². The van der Waals surface area contributed by atoms with Crippen LogP contribution in [0.15, 0.2) is 42.5 Å². The van der Waals surface area contributed by atoms with E-state index in [-0.39, 0.29) is 6.10 Å². The van der Waals surface area contributed by atoms with Crippen molar-refractivity contribution in [2.24, 2.45) is 0 Å². The van der Waals surface area contributed by atoms with Crippen LogP contribution in [-0.4, -0.2) is 68.0 Å². The third-order valence-electron chi connectivity index (χ3n) is 6.08. The molecule has 4 rings (SSSR count). The average Bonchev–Trinajstić information content (AvgIpc) is 3.15. The first-order chi connectivity index (χ1) is 14.1. The molecular weight excluding hydrogens is 364 g/mol. The van der Waals surface area contributed by atoms with Crippen molar-refractivity contribution in [3.05, 3.63) is 59.2 Å². The van der Waals surface area contributed by atoms with Crippen molar-refractivity contribution in [1.29, 1.82) is 0 Å². The highest BCUT2D eigenvalue weighted by Crippen LogP contribution is 2.35. The van der Waals surface area contributed by atoms with Gasteiger partial charge in [-0.05, 0) is 60.8 Å². The third-order valence-corrected chi connectivity index (χ3v) is 6.08. The number of methoxy groups -OCH3 is 1. The number of nitrogens with zero attached hydrogens (tertiary/aromatic N) is 2. The first kappa shape index (κ1) is 20.2. The zero-order chi connectivity index (χ0) is 20.2. The van der Waals surface area contributed by atoms with E-state index in [0.29, 0.717) is 12.5 Å². The molecule has 5 nitrogen and oxygen atoms in total. The Morgan fingerprint density at radius 2 is 1.86 bits per heavy atom. The molecule has 2 aromatic carbocycles. The summed E-state index contributed by atoms with van der Waals surface area (Å²) >= 11 is 0. The summed E-state index contributed by atoms with van der Waals surface area (Å²) in [6, 6.07) is 15.0. The summed E-state index contributed by atoms with van der Waals surface area (Å²) in [6.07, 6.45) is 1.74. The Balaban J connectivity index is 1.39. The molecule has 0 amide bonds. The van der Waals surface area contributed by atoms with Gasteiger partial charge in [0.1, 0.15) is 11.5 Å². The minimum atomic E-state index is -0.146. The van der Waals surface area contributed by atoms with Crippen molar-refractivity contribution < 1.29 is 14.6 Å². The van der Waals surface area contributed by atoms with E-state index in [1.54, 1.807) is 7.11 Å². The van der Waals surface area contributed by atoms with Crippen LogP contribution in [0.2, 0.25) is 0 Å². The largest absolute Gasteiger partial charge is 0.497 e. The van der Waals surface area contributed by atoms with Crippen molar-refractivity contribution in [2.75, 3.05) is 46.9 Å². The quantitative estimate of drug-likeness (QED) is 0.729. The fourth-order valence-electron chi connectivity index (χ4n) is 4.53. The second-order valence-electron chi connectivity index (χ2n) is 8.33. The van der Waals surface area contributed by atoms with Crippen LogP contribution >= 0.6 is 0 Å². The second-order valence-corrected chi connectivity index (χ2v) is 8.33. The lowest BCUT2D eigenvalue weighted by molar-refractivity contribution is 0.173. The van der Waals surface area contributed by atoms with Gasteiger partial charge in [-0.25, -0.2) is 0 Å². The van der Waals surface area contributed by atoms with Crippen molar-refractivity contribution >= 4 is 0 Å². The number of fused-ring (bicyclic) bond motifs is 1. The summed E-state index contributed by atoms with van der Waals surface area (Å²) in [5, 5.41) is 9.61. The van der Waals surface area contributed by atoms with Crippen LogP contribution in [0.25, 0.3) is 0 Å². The zero-order valence-electron chi connectivity index (χ0n) is 17.5. The number of aliphatic hydroxyl groups excluding tert-OH is 1. The number of ether oxygens (including phenoxy) is 2. The molecule has 5 heteroatoms. The SMILES string of the molecule is COc1ccc(C2CN(C)Cc3cc(OCCCN4CC[C@@H](O)C4)ccc32)cc1. The molecule has 156 valence electrons. The molecule has 1 N–H and O–H groups in total. The van der Waals surface area contributed by atoms with Crippen LogP contribution < -0.4 is 9.47 Å². The van der Waals surface area contributed by atoms with E-state index in [4.69, 9.17) is 9.47 Å². The minimum absolute atomic E-state index is 0.146. The Morgan fingerprint density at radius 3 is 2.59 bits per heavy atom. The zero-order valence-corrected chi connectivity index (χ0v) is 17.5. The molecule has 1 unspecified atom stereocenters. The van der Waals surface area contributed by atoms with Gasteiger partial charge in [-0.3, -0.25) is 0 Å². The number of aliphatic hydroxyl groups is 1. The molecule has 2 aromatic rings. The number of hydrogen-bond donors (Lipinski definition) is 1. The molecule has 1 fully saturated rings. The maximum atomic E-state index is 9.61.